The Kier molecular flexibility index (Phi) is 4.32. The van der Waals surface area contributed by atoms with E-state index >= 15 is 0 Å². The molecule has 4 heterocycles. The number of aromatic nitrogens is 5. The van der Waals surface area contributed by atoms with E-state index in [1.165, 1.54) is 43.6 Å². The number of para-hydroxylation sites is 6. The van der Waals surface area contributed by atoms with Gasteiger partial charge in [-0.05, 0) is 72.8 Å². The highest BCUT2D eigenvalue weighted by atomic mass is 15.2. The summed E-state index contributed by atoms with van der Waals surface area (Å²) >= 11 is 0. The van der Waals surface area contributed by atoms with Crippen LogP contribution in [0.2, 0.25) is 0 Å². The molecule has 0 aliphatic carbocycles. The van der Waals surface area contributed by atoms with Gasteiger partial charge in [0.15, 0.2) is 0 Å². The van der Waals surface area contributed by atoms with Crippen molar-refractivity contribution in [1.29, 1.82) is 0 Å². The van der Waals surface area contributed by atoms with Crippen molar-refractivity contribution in [2.75, 3.05) is 0 Å². The first-order chi connectivity index (χ1) is 21.3. The topological polar surface area (TPSA) is 32.1 Å². The number of imidazole rings is 2. The molecular formula is C38H25N5. The van der Waals surface area contributed by atoms with Crippen molar-refractivity contribution in [2.24, 2.45) is 7.05 Å². The van der Waals surface area contributed by atoms with Crippen molar-refractivity contribution in [3.63, 3.8) is 0 Å². The van der Waals surface area contributed by atoms with Gasteiger partial charge >= 0.3 is 0 Å². The minimum atomic E-state index is 0.924. The molecule has 0 radical (unpaired) electrons. The van der Waals surface area contributed by atoms with Crippen LogP contribution in [0.25, 0.3) is 82.8 Å². The molecular weight excluding hydrogens is 526 g/mol. The third-order valence-electron chi connectivity index (χ3n) is 9.18. The number of benzene rings is 6. The van der Waals surface area contributed by atoms with Gasteiger partial charge in [-0.25, -0.2) is 4.98 Å². The number of fused-ring (bicyclic) bond motifs is 11. The molecule has 0 spiro atoms. The summed E-state index contributed by atoms with van der Waals surface area (Å²) in [5.41, 5.74) is 11.5. The summed E-state index contributed by atoms with van der Waals surface area (Å²) in [6, 6.07) is 48.0. The van der Waals surface area contributed by atoms with E-state index in [2.05, 4.69) is 159 Å². The van der Waals surface area contributed by atoms with E-state index in [0.717, 1.165) is 39.2 Å². The van der Waals surface area contributed by atoms with E-state index in [-0.39, 0.29) is 0 Å². The van der Waals surface area contributed by atoms with E-state index in [9.17, 15) is 0 Å². The van der Waals surface area contributed by atoms with Gasteiger partial charge in [0.25, 0.3) is 0 Å². The molecule has 0 aliphatic rings. The Balaban J connectivity index is 1.27. The van der Waals surface area contributed by atoms with Crippen LogP contribution in [-0.2, 0) is 7.05 Å². The molecule has 4 aromatic heterocycles. The monoisotopic (exact) mass is 551 g/mol. The Labute approximate surface area is 246 Å². The van der Waals surface area contributed by atoms with Gasteiger partial charge in [0.1, 0.15) is 0 Å². The largest absolute Gasteiger partial charge is 0.344 e. The first kappa shape index (κ1) is 22.8. The van der Waals surface area contributed by atoms with Crippen LogP contribution in [-0.4, -0.2) is 23.1 Å². The van der Waals surface area contributed by atoms with Gasteiger partial charge < -0.3 is 9.13 Å². The Morgan fingerprint density at radius 3 is 1.58 bits per heavy atom. The van der Waals surface area contributed by atoms with Crippen LogP contribution < -0.4 is 0 Å². The van der Waals surface area contributed by atoms with Gasteiger partial charge in [0.05, 0.1) is 33.1 Å². The maximum Gasteiger partial charge on any atom is 0.220 e. The van der Waals surface area contributed by atoms with Crippen molar-refractivity contribution < 1.29 is 0 Å². The highest BCUT2D eigenvalue weighted by molar-refractivity contribution is 6.12. The second-order valence-corrected chi connectivity index (χ2v) is 11.4. The van der Waals surface area contributed by atoms with Crippen molar-refractivity contribution in [1.82, 2.24) is 23.1 Å². The first-order valence-corrected chi connectivity index (χ1v) is 14.6. The van der Waals surface area contributed by atoms with Crippen LogP contribution in [0.1, 0.15) is 0 Å². The molecule has 10 rings (SSSR count). The van der Waals surface area contributed by atoms with Crippen molar-refractivity contribution >= 4 is 71.5 Å². The van der Waals surface area contributed by atoms with Crippen molar-refractivity contribution in [2.45, 2.75) is 0 Å². The third-order valence-corrected chi connectivity index (χ3v) is 9.18. The second-order valence-electron chi connectivity index (χ2n) is 11.4. The zero-order valence-electron chi connectivity index (χ0n) is 23.4. The van der Waals surface area contributed by atoms with E-state index in [1.54, 1.807) is 0 Å². The van der Waals surface area contributed by atoms with Crippen LogP contribution >= 0.6 is 0 Å². The predicted molar refractivity (Wildman–Crippen MR) is 178 cm³/mol. The van der Waals surface area contributed by atoms with E-state index in [4.69, 9.17) is 4.98 Å². The van der Waals surface area contributed by atoms with E-state index in [1.807, 2.05) is 0 Å². The fourth-order valence-electron chi connectivity index (χ4n) is 7.28. The molecule has 0 aliphatic heterocycles. The lowest BCUT2D eigenvalue weighted by atomic mass is 10.1. The maximum atomic E-state index is 5.10. The fourth-order valence-corrected chi connectivity index (χ4v) is 7.28. The number of hydrogen-bond donors (Lipinski definition) is 0. The molecule has 10 aromatic rings. The quantitative estimate of drug-likeness (QED) is 0.211. The number of hydrogen-bond acceptors (Lipinski definition) is 1. The minimum Gasteiger partial charge on any atom is -0.344 e. The molecule has 0 saturated carbocycles. The molecule has 5 heteroatoms. The Morgan fingerprint density at radius 2 is 0.930 bits per heavy atom. The lowest BCUT2D eigenvalue weighted by Crippen LogP contribution is -1.95. The van der Waals surface area contributed by atoms with Crippen LogP contribution in [0.4, 0.5) is 0 Å². The average Bonchev–Trinajstić information content (AvgIpc) is 3.77. The molecule has 0 fully saturated rings. The van der Waals surface area contributed by atoms with Gasteiger partial charge in [-0.15, -0.1) is 0 Å². The molecule has 202 valence electrons. The summed E-state index contributed by atoms with van der Waals surface area (Å²) in [5, 5.41) is 5.01. The Morgan fingerprint density at radius 1 is 0.419 bits per heavy atom. The van der Waals surface area contributed by atoms with Crippen LogP contribution in [0.15, 0.2) is 133 Å². The zero-order chi connectivity index (χ0) is 28.2. The number of nitrogens with zero attached hydrogens (tertiary/aromatic N) is 5. The van der Waals surface area contributed by atoms with Crippen LogP contribution in [0.3, 0.4) is 0 Å². The van der Waals surface area contributed by atoms with Crippen LogP contribution in [0.5, 0.6) is 0 Å². The van der Waals surface area contributed by atoms with Gasteiger partial charge in [-0.1, -0.05) is 60.7 Å². The van der Waals surface area contributed by atoms with Crippen molar-refractivity contribution in [3.05, 3.63) is 133 Å². The predicted octanol–water partition coefficient (Wildman–Crippen LogP) is 9.17. The fraction of sp³-hybridized carbons (Fsp3) is 0.0263. The van der Waals surface area contributed by atoms with Gasteiger partial charge in [0, 0.05) is 51.0 Å². The second kappa shape index (κ2) is 8.14. The van der Waals surface area contributed by atoms with Gasteiger partial charge in [-0.3, -0.25) is 8.97 Å². The van der Waals surface area contributed by atoms with Gasteiger partial charge in [0.2, 0.25) is 5.78 Å². The lowest BCUT2D eigenvalue weighted by molar-refractivity contribution is 1.01. The highest BCUT2D eigenvalue weighted by Crippen LogP contribution is 2.37. The Hall–Kier alpha value is -5.81. The molecule has 6 aromatic carbocycles. The first-order valence-electron chi connectivity index (χ1n) is 14.6. The average molecular weight is 552 g/mol. The number of rotatable bonds is 2. The molecule has 0 amide bonds. The van der Waals surface area contributed by atoms with E-state index < -0.39 is 0 Å². The van der Waals surface area contributed by atoms with E-state index in [0.29, 0.717) is 0 Å². The highest BCUT2D eigenvalue weighted by Gasteiger charge is 2.19. The summed E-state index contributed by atoms with van der Waals surface area (Å²) in [4.78, 5) is 5.10. The molecule has 43 heavy (non-hydrogen) atoms. The third kappa shape index (κ3) is 2.93. The zero-order valence-corrected chi connectivity index (χ0v) is 23.4. The molecule has 5 nitrogen and oxygen atoms in total. The number of aryl methyl sites for hydroxylation is 1. The lowest BCUT2D eigenvalue weighted by Gasteiger charge is -2.09. The van der Waals surface area contributed by atoms with Crippen LogP contribution in [0, 0.1) is 0 Å². The SMILES string of the molecule is Cn1c2ccc(-n3c4ccccc4c4ccccc43)cc2c2cc(-n3c4ccccc4n4c5ccccc5nc34)ccc21. The minimum absolute atomic E-state index is 0.924. The molecule has 0 saturated heterocycles. The standard InChI is InChI=1S/C38H25N5/c1-40-31-20-18-24(41-33-13-5-2-10-26(33)27-11-3-6-14-34(27)41)22-28(31)29-23-25(19-21-32(29)40)42-36-16-8-9-17-37(36)43-35-15-7-4-12-30(35)39-38(42)43/h2-23H,1H3. The summed E-state index contributed by atoms with van der Waals surface area (Å²) in [6.07, 6.45) is 0. The summed E-state index contributed by atoms with van der Waals surface area (Å²) in [7, 11) is 2.16. The normalized spacial score (nSPS) is 12.3. The molecule has 0 N–H and O–H groups in total. The van der Waals surface area contributed by atoms with Crippen molar-refractivity contribution in [3.8, 4) is 11.4 Å². The molecule has 0 unspecified atom stereocenters. The molecule has 0 atom stereocenters. The summed E-state index contributed by atoms with van der Waals surface area (Å²) < 4.78 is 9.27. The Bertz CT molecular complexity index is 2690. The smallest absolute Gasteiger partial charge is 0.220 e. The molecule has 0 bridgehead atoms. The summed E-state index contributed by atoms with van der Waals surface area (Å²) in [5.74, 6) is 0.924. The maximum absolute atomic E-state index is 5.10. The van der Waals surface area contributed by atoms with Gasteiger partial charge in [-0.2, -0.15) is 0 Å². The summed E-state index contributed by atoms with van der Waals surface area (Å²) in [6.45, 7) is 0.